The molecule has 0 unspecified atom stereocenters. The van der Waals surface area contributed by atoms with Crippen molar-refractivity contribution >= 4 is 17.8 Å². The number of nitrogens with zero attached hydrogens (tertiary/aromatic N) is 1. The van der Waals surface area contributed by atoms with Gasteiger partial charge in [0.25, 0.3) is 11.8 Å². The molecule has 1 saturated heterocycles. The molecule has 1 aromatic carbocycles. The summed E-state index contributed by atoms with van der Waals surface area (Å²) in [6.45, 7) is 4.06. The molecule has 2 heterocycles. The Morgan fingerprint density at radius 2 is 1.73 bits per heavy atom. The van der Waals surface area contributed by atoms with Crippen molar-refractivity contribution in [3.8, 4) is 0 Å². The predicted molar refractivity (Wildman–Crippen MR) is 79.3 cm³/mol. The number of carbonyl (C=O) groups excluding carboxylic acids is 3. The predicted octanol–water partition coefficient (Wildman–Crippen LogP) is 2.40. The summed E-state index contributed by atoms with van der Waals surface area (Å²) < 4.78 is 5.35. The summed E-state index contributed by atoms with van der Waals surface area (Å²) in [4.78, 5) is 38.0. The Hall–Kier alpha value is -2.17. The van der Waals surface area contributed by atoms with Gasteiger partial charge in [-0.3, -0.25) is 19.3 Å². The molecule has 2 amide bonds. The van der Waals surface area contributed by atoms with E-state index in [1.807, 2.05) is 13.8 Å². The van der Waals surface area contributed by atoms with Crippen LogP contribution in [0.25, 0.3) is 0 Å². The molecule has 5 nitrogen and oxygen atoms in total. The molecule has 0 spiro atoms. The first-order valence-electron chi connectivity index (χ1n) is 7.65. The number of hydrogen-bond acceptors (Lipinski definition) is 4. The second kappa shape index (κ2) is 5.55. The maximum Gasteiger partial charge on any atom is 0.306 e. The molecule has 2 aliphatic heterocycles. The van der Waals surface area contributed by atoms with E-state index in [0.29, 0.717) is 30.4 Å². The first-order valence-corrected chi connectivity index (χ1v) is 7.65. The third-order valence-corrected chi connectivity index (χ3v) is 4.21. The lowest BCUT2D eigenvalue weighted by atomic mass is 9.96. The van der Waals surface area contributed by atoms with Crippen LogP contribution in [0.1, 0.15) is 53.8 Å². The van der Waals surface area contributed by atoms with Crippen LogP contribution >= 0.6 is 0 Å². The topological polar surface area (TPSA) is 63.7 Å². The van der Waals surface area contributed by atoms with Gasteiger partial charge in [-0.1, -0.05) is 26.0 Å². The molecule has 0 radical (unpaired) electrons. The van der Waals surface area contributed by atoms with Gasteiger partial charge >= 0.3 is 5.97 Å². The number of rotatable bonds is 4. The van der Waals surface area contributed by atoms with Crippen molar-refractivity contribution in [2.45, 2.75) is 45.3 Å². The highest BCUT2D eigenvalue weighted by Crippen LogP contribution is 2.32. The summed E-state index contributed by atoms with van der Waals surface area (Å²) in [5, 5.41) is 0. The Morgan fingerprint density at radius 3 is 2.18 bits per heavy atom. The van der Waals surface area contributed by atoms with Crippen LogP contribution < -0.4 is 0 Å². The number of esters is 1. The molecule has 0 aromatic heterocycles. The number of cyclic esters (lactones) is 1. The second-order valence-electron chi connectivity index (χ2n) is 6.29. The third kappa shape index (κ3) is 2.40. The smallest absolute Gasteiger partial charge is 0.306 e. The number of benzene rings is 1. The lowest BCUT2D eigenvalue weighted by Gasteiger charge is -2.31. The molecule has 0 bridgehead atoms. The molecular weight excluding hydrogens is 282 g/mol. The highest BCUT2D eigenvalue weighted by molar-refractivity contribution is 6.21. The van der Waals surface area contributed by atoms with E-state index in [1.54, 1.807) is 24.3 Å². The molecule has 22 heavy (non-hydrogen) atoms. The standard InChI is InChI=1S/C17H19NO4/c1-10(2)9-13(14-7-8-15(19)22-14)18-16(20)11-5-3-4-6-12(11)17(18)21/h3-6,10,13-14H,7-9H2,1-2H3/t13-,14-/m0/s1. The van der Waals surface area contributed by atoms with Gasteiger partial charge in [-0.15, -0.1) is 0 Å². The van der Waals surface area contributed by atoms with Crippen LogP contribution in [-0.4, -0.2) is 34.8 Å². The first-order chi connectivity index (χ1) is 10.5. The van der Waals surface area contributed by atoms with Gasteiger partial charge in [0.15, 0.2) is 0 Å². The SMILES string of the molecule is CC(C)C[C@@H]([C@@H]1CCC(=O)O1)N1C(=O)c2ccccc2C1=O. The summed E-state index contributed by atoms with van der Waals surface area (Å²) in [6.07, 6.45) is 1.15. The van der Waals surface area contributed by atoms with E-state index >= 15 is 0 Å². The monoisotopic (exact) mass is 301 g/mol. The van der Waals surface area contributed by atoms with Gasteiger partial charge in [0.05, 0.1) is 17.2 Å². The van der Waals surface area contributed by atoms with Gasteiger partial charge in [-0.05, 0) is 30.9 Å². The Balaban J connectivity index is 1.93. The Kier molecular flexibility index (Phi) is 3.72. The van der Waals surface area contributed by atoms with Crippen molar-refractivity contribution in [3.63, 3.8) is 0 Å². The van der Waals surface area contributed by atoms with E-state index in [9.17, 15) is 14.4 Å². The van der Waals surface area contributed by atoms with Crippen molar-refractivity contribution < 1.29 is 19.1 Å². The van der Waals surface area contributed by atoms with Crippen LogP contribution in [0.15, 0.2) is 24.3 Å². The molecular formula is C17H19NO4. The van der Waals surface area contributed by atoms with E-state index in [4.69, 9.17) is 4.74 Å². The second-order valence-corrected chi connectivity index (χ2v) is 6.29. The highest BCUT2D eigenvalue weighted by Gasteiger charge is 2.45. The Labute approximate surface area is 129 Å². The molecule has 2 atom stereocenters. The fourth-order valence-corrected chi connectivity index (χ4v) is 3.23. The summed E-state index contributed by atoms with van der Waals surface area (Å²) in [6, 6.07) is 6.45. The van der Waals surface area contributed by atoms with E-state index in [2.05, 4.69) is 0 Å². The van der Waals surface area contributed by atoms with Crippen molar-refractivity contribution in [2.75, 3.05) is 0 Å². The lowest BCUT2D eigenvalue weighted by Crippen LogP contribution is -2.47. The van der Waals surface area contributed by atoms with Gasteiger partial charge < -0.3 is 4.74 Å². The van der Waals surface area contributed by atoms with E-state index in [1.165, 1.54) is 4.90 Å². The van der Waals surface area contributed by atoms with Crippen LogP contribution in [0, 0.1) is 5.92 Å². The summed E-state index contributed by atoms with van der Waals surface area (Å²) >= 11 is 0. The van der Waals surface area contributed by atoms with Crippen LogP contribution in [0.2, 0.25) is 0 Å². The van der Waals surface area contributed by atoms with Gasteiger partial charge in [0.2, 0.25) is 0 Å². The molecule has 116 valence electrons. The number of hydrogen-bond donors (Lipinski definition) is 0. The van der Waals surface area contributed by atoms with Gasteiger partial charge in [0, 0.05) is 6.42 Å². The molecule has 1 fully saturated rings. The maximum atomic E-state index is 12.6. The van der Waals surface area contributed by atoms with Crippen LogP contribution in [0.5, 0.6) is 0 Å². The third-order valence-electron chi connectivity index (χ3n) is 4.21. The number of carbonyl (C=O) groups is 3. The quantitative estimate of drug-likeness (QED) is 0.633. The van der Waals surface area contributed by atoms with Crippen LogP contribution in [-0.2, 0) is 9.53 Å². The zero-order valence-electron chi connectivity index (χ0n) is 12.7. The van der Waals surface area contributed by atoms with Crippen molar-refractivity contribution in [1.82, 2.24) is 4.90 Å². The average molecular weight is 301 g/mol. The van der Waals surface area contributed by atoms with Crippen molar-refractivity contribution in [3.05, 3.63) is 35.4 Å². The van der Waals surface area contributed by atoms with Gasteiger partial charge in [0.1, 0.15) is 6.10 Å². The van der Waals surface area contributed by atoms with E-state index in [0.717, 1.165) is 0 Å². The lowest BCUT2D eigenvalue weighted by molar-refractivity contribution is -0.143. The zero-order chi connectivity index (χ0) is 15.9. The highest BCUT2D eigenvalue weighted by atomic mass is 16.6. The fraction of sp³-hybridized carbons (Fsp3) is 0.471. The van der Waals surface area contributed by atoms with Gasteiger partial charge in [-0.2, -0.15) is 0 Å². The summed E-state index contributed by atoms with van der Waals surface area (Å²) in [5.74, 6) is -0.535. The van der Waals surface area contributed by atoms with Crippen LogP contribution in [0.4, 0.5) is 0 Å². The average Bonchev–Trinajstić information content (AvgIpc) is 3.01. The minimum absolute atomic E-state index is 0.254. The fourth-order valence-electron chi connectivity index (χ4n) is 3.23. The van der Waals surface area contributed by atoms with E-state index < -0.39 is 6.10 Å². The summed E-state index contributed by atoms with van der Waals surface area (Å²) in [5.41, 5.74) is 0.871. The summed E-state index contributed by atoms with van der Waals surface area (Å²) in [7, 11) is 0. The molecule has 1 aromatic rings. The largest absolute Gasteiger partial charge is 0.460 e. The Bertz CT molecular complexity index is 602. The Morgan fingerprint density at radius 1 is 1.14 bits per heavy atom. The van der Waals surface area contributed by atoms with Crippen molar-refractivity contribution in [2.24, 2.45) is 5.92 Å². The molecule has 2 aliphatic rings. The molecule has 5 heteroatoms. The number of ether oxygens (including phenoxy) is 1. The molecule has 0 N–H and O–H groups in total. The number of amides is 2. The minimum atomic E-state index is -0.392. The maximum absolute atomic E-state index is 12.6. The van der Waals surface area contributed by atoms with Gasteiger partial charge in [-0.25, -0.2) is 0 Å². The molecule has 0 saturated carbocycles. The van der Waals surface area contributed by atoms with Crippen molar-refractivity contribution in [1.29, 1.82) is 0 Å². The zero-order valence-corrected chi connectivity index (χ0v) is 12.7. The number of imide groups is 1. The molecule has 3 rings (SSSR count). The normalized spacial score (nSPS) is 22.2. The van der Waals surface area contributed by atoms with Crippen LogP contribution in [0.3, 0.4) is 0 Å². The minimum Gasteiger partial charge on any atom is -0.460 e. The van der Waals surface area contributed by atoms with E-state index in [-0.39, 0.29) is 29.7 Å². The first kappa shape index (κ1) is 14.8. The number of fused-ring (bicyclic) bond motifs is 1. The molecule has 0 aliphatic carbocycles.